The van der Waals surface area contributed by atoms with Gasteiger partial charge in [0, 0.05) is 18.2 Å². The fourth-order valence-electron chi connectivity index (χ4n) is 1.14. The lowest BCUT2D eigenvalue weighted by molar-refractivity contribution is 0.492. The van der Waals surface area contributed by atoms with Crippen molar-refractivity contribution in [2.75, 3.05) is 0 Å². The topological polar surface area (TPSA) is 69.9 Å². The first-order chi connectivity index (χ1) is 7.99. The summed E-state index contributed by atoms with van der Waals surface area (Å²) in [6, 6.07) is 7.02. The Balaban J connectivity index is 2.31. The first-order valence-corrected chi connectivity index (χ1v) is 7.13. The molecule has 0 aliphatic heterocycles. The van der Waals surface area contributed by atoms with Crippen molar-refractivity contribution in [3.8, 4) is 6.01 Å². The Labute approximate surface area is 103 Å². The van der Waals surface area contributed by atoms with Gasteiger partial charge < -0.3 is 4.18 Å². The van der Waals surface area contributed by atoms with E-state index in [1.165, 1.54) is 4.68 Å². The largest absolute Gasteiger partial charge is 0.357 e. The Morgan fingerprint density at radius 2 is 2.00 bits per heavy atom. The van der Waals surface area contributed by atoms with Crippen molar-refractivity contribution in [2.24, 2.45) is 7.05 Å². The minimum atomic E-state index is -3.05. The van der Waals surface area contributed by atoms with Crippen molar-refractivity contribution in [3.05, 3.63) is 29.8 Å². The van der Waals surface area contributed by atoms with E-state index in [-0.39, 0.29) is 6.01 Å². The molecule has 1 unspecified atom stereocenters. The van der Waals surface area contributed by atoms with Crippen molar-refractivity contribution in [1.82, 2.24) is 20.2 Å². The lowest BCUT2D eigenvalue weighted by Crippen LogP contribution is -2.11. The smallest absolute Gasteiger partial charge is 0.349 e. The lowest BCUT2D eigenvalue weighted by atomic mass is 10.2. The third-order valence-corrected chi connectivity index (χ3v) is 4.07. The van der Waals surface area contributed by atoms with Crippen LogP contribution >= 0.6 is 0 Å². The highest BCUT2D eigenvalue weighted by Gasteiger charge is 2.15. The van der Waals surface area contributed by atoms with Crippen LogP contribution in [0.1, 0.15) is 5.56 Å². The second-order valence-electron chi connectivity index (χ2n) is 3.44. The molecule has 17 heavy (non-hydrogen) atoms. The summed E-state index contributed by atoms with van der Waals surface area (Å²) < 4.78 is 18.6. The van der Waals surface area contributed by atoms with Crippen molar-refractivity contribution < 1.29 is 8.39 Å². The molecule has 1 aromatic carbocycles. The van der Waals surface area contributed by atoms with Crippen molar-refractivity contribution in [1.29, 1.82) is 0 Å². The first kappa shape index (κ1) is 11.9. The molecule has 2 aromatic rings. The van der Waals surface area contributed by atoms with Crippen LogP contribution in [0.3, 0.4) is 0 Å². The average Bonchev–Trinajstić information content (AvgIpc) is 2.64. The van der Waals surface area contributed by atoms with Crippen molar-refractivity contribution in [2.45, 2.75) is 11.8 Å². The van der Waals surface area contributed by atoms with Gasteiger partial charge in [-0.05, 0) is 29.5 Å². The molecule has 1 heterocycles. The molecule has 0 saturated carbocycles. The first-order valence-electron chi connectivity index (χ1n) is 4.72. The minimum Gasteiger partial charge on any atom is -0.357 e. The summed E-state index contributed by atoms with van der Waals surface area (Å²) in [6.07, 6.45) is 0. The monoisotopic (exact) mass is 270 g/mol. The molecule has 2 rings (SSSR count). The number of nitrogens with zero attached hydrogens (tertiary/aromatic N) is 4. The molecule has 0 aliphatic carbocycles. The summed E-state index contributed by atoms with van der Waals surface area (Å²) >= 11 is 4.96. The summed E-state index contributed by atoms with van der Waals surface area (Å²) in [4.78, 5) is 0.432. The van der Waals surface area contributed by atoms with E-state index in [1.54, 1.807) is 19.2 Å². The molecule has 0 saturated heterocycles. The van der Waals surface area contributed by atoms with Crippen LogP contribution in [0, 0.1) is 6.92 Å². The standard InChI is InChI=1S/C9H10N4O2S2/c1-7-3-5-8(6-4-7)17(14,16)15-9-10-11-12-13(9)2/h3-6H,1-2H3. The SMILES string of the molecule is Cc1ccc(S(=O)(=S)Oc2nnnn2C)cc1. The number of aryl methyl sites for hydroxylation is 2. The lowest BCUT2D eigenvalue weighted by Gasteiger charge is -2.07. The molecule has 0 radical (unpaired) electrons. The molecule has 0 bridgehead atoms. The molecule has 0 amide bonds. The second kappa shape index (κ2) is 4.38. The predicted molar refractivity (Wildman–Crippen MR) is 64.4 cm³/mol. The number of aromatic nitrogens is 4. The fourth-order valence-corrected chi connectivity index (χ4v) is 2.56. The highest BCUT2D eigenvalue weighted by Crippen LogP contribution is 2.15. The summed E-state index contributed by atoms with van der Waals surface area (Å²) in [5.74, 6) is 0. The summed E-state index contributed by atoms with van der Waals surface area (Å²) in [7, 11) is -1.47. The number of tetrazole rings is 1. The number of hydrogen-bond acceptors (Lipinski definition) is 6. The van der Waals surface area contributed by atoms with E-state index in [2.05, 4.69) is 15.5 Å². The zero-order chi connectivity index (χ0) is 12.5. The molecule has 0 aliphatic rings. The molecule has 6 nitrogen and oxygen atoms in total. The molecule has 0 N–H and O–H groups in total. The molecule has 90 valence electrons. The Bertz CT molecular complexity index is 619. The molecular weight excluding hydrogens is 260 g/mol. The third kappa shape index (κ3) is 2.59. The molecular formula is C9H10N4O2S2. The van der Waals surface area contributed by atoms with Crippen LogP contribution in [0.5, 0.6) is 6.01 Å². The third-order valence-electron chi connectivity index (χ3n) is 2.08. The highest BCUT2D eigenvalue weighted by atomic mass is 32.8. The summed E-state index contributed by atoms with van der Waals surface area (Å²) in [5, 5.41) is 10.5. The van der Waals surface area contributed by atoms with Crippen LogP contribution in [-0.4, -0.2) is 24.4 Å². The van der Waals surface area contributed by atoms with Crippen LogP contribution in [0.2, 0.25) is 0 Å². The van der Waals surface area contributed by atoms with Gasteiger partial charge in [0.1, 0.15) is 0 Å². The van der Waals surface area contributed by atoms with Crippen molar-refractivity contribution >= 4 is 20.0 Å². The van der Waals surface area contributed by atoms with Crippen LogP contribution in [-0.2, 0) is 27.0 Å². The van der Waals surface area contributed by atoms with Gasteiger partial charge in [-0.1, -0.05) is 22.8 Å². The molecule has 1 atom stereocenters. The second-order valence-corrected chi connectivity index (χ2v) is 6.30. The van der Waals surface area contributed by atoms with Gasteiger partial charge in [-0.3, -0.25) is 0 Å². The fraction of sp³-hybridized carbons (Fsp3) is 0.222. The normalized spacial score (nSPS) is 14.2. The maximum atomic E-state index is 12.2. The van der Waals surface area contributed by atoms with Gasteiger partial charge in [0.2, 0.25) is 8.77 Å². The van der Waals surface area contributed by atoms with E-state index in [0.717, 1.165) is 5.56 Å². The van der Waals surface area contributed by atoms with Crippen LogP contribution in [0.4, 0.5) is 0 Å². The quantitative estimate of drug-likeness (QED) is 0.814. The Kier molecular flexibility index (Phi) is 3.07. The van der Waals surface area contributed by atoms with E-state index in [0.29, 0.717) is 4.90 Å². The molecule has 0 fully saturated rings. The Hall–Kier alpha value is -1.54. The Morgan fingerprint density at radius 1 is 1.35 bits per heavy atom. The average molecular weight is 270 g/mol. The van der Waals surface area contributed by atoms with E-state index in [4.69, 9.17) is 15.4 Å². The van der Waals surface area contributed by atoms with Crippen molar-refractivity contribution in [3.63, 3.8) is 0 Å². The molecule has 0 spiro atoms. The molecule has 1 aromatic heterocycles. The number of hydrogen-bond donors (Lipinski definition) is 0. The van der Waals surface area contributed by atoms with E-state index in [1.807, 2.05) is 19.1 Å². The van der Waals surface area contributed by atoms with E-state index in [9.17, 15) is 4.21 Å². The summed E-state index contributed by atoms with van der Waals surface area (Å²) in [5.41, 5.74) is 1.05. The maximum Gasteiger partial charge on any atom is 0.349 e. The van der Waals surface area contributed by atoms with Gasteiger partial charge in [0.25, 0.3) is 0 Å². The van der Waals surface area contributed by atoms with Crippen LogP contribution in [0.15, 0.2) is 29.2 Å². The number of benzene rings is 1. The van der Waals surface area contributed by atoms with Gasteiger partial charge in [0.15, 0.2) is 0 Å². The zero-order valence-corrected chi connectivity index (χ0v) is 10.9. The molecule has 8 heteroatoms. The number of rotatable bonds is 3. The summed E-state index contributed by atoms with van der Waals surface area (Å²) in [6.45, 7) is 1.93. The zero-order valence-electron chi connectivity index (χ0n) is 9.23. The van der Waals surface area contributed by atoms with Gasteiger partial charge in [-0.2, -0.15) is 4.68 Å². The maximum absolute atomic E-state index is 12.2. The minimum absolute atomic E-state index is 0.0329. The van der Waals surface area contributed by atoms with Gasteiger partial charge >= 0.3 is 6.01 Å². The predicted octanol–water partition coefficient (Wildman–Crippen LogP) is 0.618. The van der Waals surface area contributed by atoms with E-state index < -0.39 is 8.77 Å². The van der Waals surface area contributed by atoms with Crippen LogP contribution in [0.25, 0.3) is 0 Å². The van der Waals surface area contributed by atoms with Gasteiger partial charge in [-0.25, -0.2) is 4.21 Å². The van der Waals surface area contributed by atoms with E-state index >= 15 is 0 Å². The Morgan fingerprint density at radius 3 is 2.53 bits per heavy atom. The van der Waals surface area contributed by atoms with Gasteiger partial charge in [-0.15, -0.1) is 0 Å². The highest BCUT2D eigenvalue weighted by molar-refractivity contribution is 8.30. The van der Waals surface area contributed by atoms with Gasteiger partial charge in [0.05, 0.1) is 4.90 Å². The van der Waals surface area contributed by atoms with Crippen LogP contribution < -0.4 is 4.18 Å².